The number of amides is 1. The van der Waals surface area contributed by atoms with Gasteiger partial charge in [-0.3, -0.25) is 9.69 Å². The van der Waals surface area contributed by atoms with Gasteiger partial charge in [-0.15, -0.1) is 0 Å². The number of aliphatic carboxylic acids is 1. The Kier molecular flexibility index (Phi) is 7.51. The van der Waals surface area contributed by atoms with Crippen LogP contribution in [0.4, 0.5) is 23.2 Å². The van der Waals surface area contributed by atoms with E-state index in [0.29, 0.717) is 29.8 Å². The van der Waals surface area contributed by atoms with Crippen molar-refractivity contribution in [3.8, 4) is 11.3 Å². The number of hydrogen-bond acceptors (Lipinski definition) is 6. The number of nitrogens with one attached hydrogen (secondary N) is 2. The number of carbonyl (C=O) groups excluding carboxylic acids is 1. The van der Waals surface area contributed by atoms with Crippen LogP contribution >= 0.6 is 0 Å². The number of aromatic nitrogens is 2. The van der Waals surface area contributed by atoms with Crippen LogP contribution in [0.2, 0.25) is 0 Å². The molecule has 0 unspecified atom stereocenters. The number of carbonyl (C=O) groups is 2. The molecular formula is C22H25F4N5O3. The van der Waals surface area contributed by atoms with E-state index in [2.05, 4.69) is 39.6 Å². The third-order valence-electron chi connectivity index (χ3n) is 5.36. The van der Waals surface area contributed by atoms with Gasteiger partial charge < -0.3 is 15.7 Å². The van der Waals surface area contributed by atoms with Gasteiger partial charge in [0.15, 0.2) is 0 Å². The van der Waals surface area contributed by atoms with Gasteiger partial charge in [-0.05, 0) is 50.1 Å². The average molecular weight is 483 g/mol. The lowest BCUT2D eigenvalue weighted by Gasteiger charge is -2.38. The summed E-state index contributed by atoms with van der Waals surface area (Å²) in [6.45, 7) is 7.98. The Morgan fingerprint density at radius 1 is 1.21 bits per heavy atom. The molecule has 2 aromatic rings. The summed E-state index contributed by atoms with van der Waals surface area (Å²) in [5.41, 5.74) is 3.39. The second-order valence-electron chi connectivity index (χ2n) is 8.77. The van der Waals surface area contributed by atoms with E-state index in [1.807, 2.05) is 12.1 Å². The number of halogens is 4. The van der Waals surface area contributed by atoms with Crippen molar-refractivity contribution < 1.29 is 32.3 Å². The van der Waals surface area contributed by atoms with Gasteiger partial charge in [0.25, 0.3) is 0 Å². The summed E-state index contributed by atoms with van der Waals surface area (Å²) in [6, 6.07) is 6.88. The van der Waals surface area contributed by atoms with E-state index >= 15 is 0 Å². The molecule has 3 heterocycles. The van der Waals surface area contributed by atoms with E-state index in [-0.39, 0.29) is 11.4 Å². The Morgan fingerprint density at radius 2 is 1.91 bits per heavy atom. The van der Waals surface area contributed by atoms with Gasteiger partial charge in [0.2, 0.25) is 5.91 Å². The number of fused-ring (bicyclic) bond motifs is 1. The quantitative estimate of drug-likeness (QED) is 0.576. The van der Waals surface area contributed by atoms with Crippen molar-refractivity contribution in [1.29, 1.82) is 0 Å². The maximum absolute atomic E-state index is 14.5. The standard InChI is InChI=1S/C20H24FN5O.C2HF3O2/c1-20(2)12-26(8-7-22-20)11-14-4-5-17(25-24-14)15-9-13-3-6-19(27)23-18(13)10-16(15)21;3-2(4,5)1(6)7/h4-5,9-10,22H,3,6-8,11-12H2,1-2H3,(H,23,27);(H,6,7). The summed E-state index contributed by atoms with van der Waals surface area (Å²) in [4.78, 5) is 22.7. The molecule has 1 fully saturated rings. The van der Waals surface area contributed by atoms with Crippen LogP contribution < -0.4 is 10.6 Å². The molecule has 0 bridgehead atoms. The zero-order valence-electron chi connectivity index (χ0n) is 18.7. The van der Waals surface area contributed by atoms with Crippen molar-refractivity contribution in [2.45, 2.75) is 44.9 Å². The van der Waals surface area contributed by atoms with Gasteiger partial charge >= 0.3 is 12.1 Å². The molecule has 0 aliphatic carbocycles. The van der Waals surface area contributed by atoms with Crippen LogP contribution in [0.1, 0.15) is 31.5 Å². The largest absolute Gasteiger partial charge is 0.490 e. The number of rotatable bonds is 3. The van der Waals surface area contributed by atoms with Crippen molar-refractivity contribution in [2.75, 3.05) is 25.0 Å². The van der Waals surface area contributed by atoms with E-state index in [1.54, 1.807) is 6.07 Å². The highest BCUT2D eigenvalue weighted by Gasteiger charge is 2.38. The Labute approximate surface area is 193 Å². The van der Waals surface area contributed by atoms with Gasteiger partial charge in [-0.25, -0.2) is 9.18 Å². The first kappa shape index (κ1) is 25.5. The van der Waals surface area contributed by atoms with E-state index in [0.717, 1.165) is 37.4 Å². The number of aryl methyl sites for hydroxylation is 1. The monoisotopic (exact) mass is 483 g/mol. The fourth-order valence-electron chi connectivity index (χ4n) is 3.80. The first-order valence-electron chi connectivity index (χ1n) is 10.6. The maximum Gasteiger partial charge on any atom is 0.490 e. The number of carboxylic acid groups (broad SMARTS) is 1. The Bertz CT molecular complexity index is 1060. The van der Waals surface area contributed by atoms with Crippen molar-refractivity contribution in [3.63, 3.8) is 0 Å². The molecule has 12 heteroatoms. The zero-order chi connectivity index (χ0) is 25.1. The second kappa shape index (κ2) is 10.0. The summed E-state index contributed by atoms with van der Waals surface area (Å²) in [7, 11) is 0. The fraction of sp³-hybridized carbons (Fsp3) is 0.455. The average Bonchev–Trinajstić information content (AvgIpc) is 2.73. The molecular weight excluding hydrogens is 458 g/mol. The summed E-state index contributed by atoms with van der Waals surface area (Å²) in [5.74, 6) is -3.23. The van der Waals surface area contributed by atoms with Gasteiger partial charge in [-0.1, -0.05) is 0 Å². The fourth-order valence-corrected chi connectivity index (χ4v) is 3.80. The second-order valence-corrected chi connectivity index (χ2v) is 8.77. The lowest BCUT2D eigenvalue weighted by molar-refractivity contribution is -0.192. The van der Waals surface area contributed by atoms with E-state index in [4.69, 9.17) is 9.90 Å². The minimum Gasteiger partial charge on any atom is -0.475 e. The number of carboxylic acids is 1. The van der Waals surface area contributed by atoms with E-state index in [1.165, 1.54) is 6.07 Å². The van der Waals surface area contributed by atoms with E-state index in [9.17, 15) is 22.4 Å². The minimum absolute atomic E-state index is 0.0742. The Hall–Kier alpha value is -3.12. The van der Waals surface area contributed by atoms with Gasteiger partial charge in [0.1, 0.15) is 5.82 Å². The molecule has 1 aromatic heterocycles. The van der Waals surface area contributed by atoms with E-state index < -0.39 is 18.0 Å². The lowest BCUT2D eigenvalue weighted by atomic mass is 9.98. The van der Waals surface area contributed by atoms with Crippen LogP contribution in [-0.2, 0) is 22.6 Å². The molecule has 1 saturated heterocycles. The molecule has 8 nitrogen and oxygen atoms in total. The highest BCUT2D eigenvalue weighted by atomic mass is 19.4. The van der Waals surface area contributed by atoms with Crippen LogP contribution in [0.15, 0.2) is 24.3 Å². The predicted molar refractivity (Wildman–Crippen MR) is 115 cm³/mol. The summed E-state index contributed by atoms with van der Waals surface area (Å²) in [6.07, 6.45) is -4.05. The van der Waals surface area contributed by atoms with Crippen LogP contribution in [0.25, 0.3) is 11.3 Å². The molecule has 2 aliphatic rings. The van der Waals surface area contributed by atoms with Crippen molar-refractivity contribution in [2.24, 2.45) is 0 Å². The summed E-state index contributed by atoms with van der Waals surface area (Å²) in [5, 5.41) is 21.9. The predicted octanol–water partition coefficient (Wildman–Crippen LogP) is 2.98. The number of hydrogen-bond donors (Lipinski definition) is 3. The Balaban J connectivity index is 0.000000406. The third-order valence-corrected chi connectivity index (χ3v) is 5.36. The minimum atomic E-state index is -5.08. The van der Waals surface area contributed by atoms with Crippen LogP contribution in [0.5, 0.6) is 0 Å². The van der Waals surface area contributed by atoms with Crippen LogP contribution in [-0.4, -0.2) is 63.4 Å². The van der Waals surface area contributed by atoms with Crippen LogP contribution in [0.3, 0.4) is 0 Å². The smallest absolute Gasteiger partial charge is 0.475 e. The summed E-state index contributed by atoms with van der Waals surface area (Å²) < 4.78 is 46.3. The molecule has 1 aromatic carbocycles. The zero-order valence-corrected chi connectivity index (χ0v) is 18.7. The molecule has 34 heavy (non-hydrogen) atoms. The SMILES string of the molecule is CC1(C)CN(Cc2ccc(-c3cc4c(cc3F)NC(=O)CC4)nn2)CCN1.O=C(O)C(F)(F)F. The first-order chi connectivity index (χ1) is 15.8. The van der Waals surface area contributed by atoms with Crippen molar-refractivity contribution in [1.82, 2.24) is 20.4 Å². The highest BCUT2D eigenvalue weighted by molar-refractivity contribution is 5.94. The molecule has 184 valence electrons. The van der Waals surface area contributed by atoms with Crippen LogP contribution in [0, 0.1) is 5.82 Å². The molecule has 0 spiro atoms. The molecule has 1 amide bonds. The molecule has 0 saturated carbocycles. The molecule has 3 N–H and O–H groups in total. The number of alkyl halides is 3. The third kappa shape index (κ3) is 6.70. The molecule has 0 atom stereocenters. The molecule has 2 aliphatic heterocycles. The van der Waals surface area contributed by atoms with Crippen molar-refractivity contribution >= 4 is 17.6 Å². The summed E-state index contributed by atoms with van der Waals surface area (Å²) >= 11 is 0. The Morgan fingerprint density at radius 3 is 2.50 bits per heavy atom. The first-order valence-corrected chi connectivity index (χ1v) is 10.6. The van der Waals surface area contributed by atoms with Gasteiger partial charge in [0, 0.05) is 49.4 Å². The number of benzene rings is 1. The van der Waals surface area contributed by atoms with Gasteiger partial charge in [0.05, 0.1) is 11.4 Å². The topological polar surface area (TPSA) is 107 Å². The number of anilines is 1. The maximum atomic E-state index is 14.5. The van der Waals surface area contributed by atoms with Crippen molar-refractivity contribution in [3.05, 3.63) is 41.3 Å². The molecule has 4 rings (SSSR count). The normalized spacial score (nSPS) is 17.8. The number of nitrogens with zero attached hydrogens (tertiary/aromatic N) is 3. The van der Waals surface area contributed by atoms with Gasteiger partial charge in [-0.2, -0.15) is 23.4 Å². The lowest BCUT2D eigenvalue weighted by Crippen LogP contribution is -2.56. The number of piperazine rings is 1. The highest BCUT2D eigenvalue weighted by Crippen LogP contribution is 2.30. The molecule has 0 radical (unpaired) electrons.